The highest BCUT2D eigenvalue weighted by Gasteiger charge is 2.48. The second-order valence-corrected chi connectivity index (χ2v) is 5.55. The van der Waals surface area contributed by atoms with Crippen LogP contribution < -0.4 is 5.73 Å². The molecule has 1 fully saturated rings. The SMILES string of the molecule is CCCCSCC(N)(C(=O)OCC)C1CC1. The molecule has 1 aliphatic rings. The Morgan fingerprint density at radius 3 is 2.69 bits per heavy atom. The summed E-state index contributed by atoms with van der Waals surface area (Å²) < 4.78 is 5.09. The average molecular weight is 245 g/mol. The maximum absolute atomic E-state index is 11.8. The summed E-state index contributed by atoms with van der Waals surface area (Å²) in [6.45, 7) is 4.42. The van der Waals surface area contributed by atoms with Gasteiger partial charge in [-0.2, -0.15) is 11.8 Å². The number of nitrogens with two attached hydrogens (primary N) is 1. The van der Waals surface area contributed by atoms with E-state index in [1.807, 2.05) is 6.92 Å². The highest BCUT2D eigenvalue weighted by atomic mass is 32.2. The fourth-order valence-corrected chi connectivity index (χ4v) is 3.02. The first-order valence-electron chi connectivity index (χ1n) is 6.19. The lowest BCUT2D eigenvalue weighted by molar-refractivity contribution is -0.149. The normalized spacial score (nSPS) is 19.2. The van der Waals surface area contributed by atoms with E-state index in [1.54, 1.807) is 11.8 Å². The first-order chi connectivity index (χ1) is 7.65. The molecule has 1 unspecified atom stereocenters. The van der Waals surface area contributed by atoms with Crippen molar-refractivity contribution in [3.8, 4) is 0 Å². The number of unbranched alkanes of at least 4 members (excludes halogenated alkanes) is 1. The molecular formula is C12H23NO2S. The number of carbonyl (C=O) groups excluding carboxylic acids is 1. The molecule has 16 heavy (non-hydrogen) atoms. The molecule has 0 spiro atoms. The van der Waals surface area contributed by atoms with Gasteiger partial charge in [-0.05, 0) is 37.9 Å². The summed E-state index contributed by atoms with van der Waals surface area (Å²) in [5.74, 6) is 1.93. The summed E-state index contributed by atoms with van der Waals surface area (Å²) in [6, 6.07) is 0. The van der Waals surface area contributed by atoms with E-state index in [2.05, 4.69) is 6.92 Å². The summed E-state index contributed by atoms with van der Waals surface area (Å²) in [5.41, 5.74) is 5.49. The fourth-order valence-electron chi connectivity index (χ4n) is 1.69. The summed E-state index contributed by atoms with van der Waals surface area (Å²) in [7, 11) is 0. The fraction of sp³-hybridized carbons (Fsp3) is 0.917. The van der Waals surface area contributed by atoms with E-state index in [4.69, 9.17) is 10.5 Å². The Morgan fingerprint density at radius 2 is 2.19 bits per heavy atom. The van der Waals surface area contributed by atoms with Crippen molar-refractivity contribution in [3.05, 3.63) is 0 Å². The van der Waals surface area contributed by atoms with E-state index in [1.165, 1.54) is 12.8 Å². The standard InChI is InChI=1S/C12H23NO2S/c1-3-5-8-16-9-12(13,10-6-7-10)11(14)15-4-2/h10H,3-9,13H2,1-2H3. The number of rotatable bonds is 8. The molecule has 0 aromatic carbocycles. The van der Waals surface area contributed by atoms with Crippen molar-refractivity contribution in [3.63, 3.8) is 0 Å². The van der Waals surface area contributed by atoms with Crippen molar-refractivity contribution in [2.75, 3.05) is 18.1 Å². The van der Waals surface area contributed by atoms with Crippen LogP contribution in [0, 0.1) is 5.92 Å². The molecule has 94 valence electrons. The molecule has 0 aromatic heterocycles. The van der Waals surface area contributed by atoms with Crippen LogP contribution in [-0.4, -0.2) is 29.6 Å². The quantitative estimate of drug-likeness (QED) is 0.526. The molecule has 1 rings (SSSR count). The third kappa shape index (κ3) is 3.67. The molecule has 0 radical (unpaired) electrons. The summed E-state index contributed by atoms with van der Waals surface area (Å²) in [6.07, 6.45) is 4.52. The predicted octanol–water partition coefficient (Wildman–Crippen LogP) is 2.19. The van der Waals surface area contributed by atoms with Crippen molar-refractivity contribution < 1.29 is 9.53 Å². The highest BCUT2D eigenvalue weighted by molar-refractivity contribution is 7.99. The van der Waals surface area contributed by atoms with Crippen LogP contribution in [0.15, 0.2) is 0 Å². The van der Waals surface area contributed by atoms with Gasteiger partial charge in [0, 0.05) is 5.75 Å². The van der Waals surface area contributed by atoms with Crippen molar-refractivity contribution in [1.29, 1.82) is 0 Å². The van der Waals surface area contributed by atoms with Gasteiger partial charge in [0.1, 0.15) is 5.54 Å². The van der Waals surface area contributed by atoms with Crippen LogP contribution in [0.5, 0.6) is 0 Å². The van der Waals surface area contributed by atoms with E-state index in [-0.39, 0.29) is 5.97 Å². The van der Waals surface area contributed by atoms with Crippen LogP contribution in [0.3, 0.4) is 0 Å². The summed E-state index contributed by atoms with van der Waals surface area (Å²) in [4.78, 5) is 11.8. The maximum atomic E-state index is 11.8. The second kappa shape index (κ2) is 6.50. The zero-order valence-corrected chi connectivity index (χ0v) is 11.1. The van der Waals surface area contributed by atoms with Crippen molar-refractivity contribution in [1.82, 2.24) is 0 Å². The minimum Gasteiger partial charge on any atom is -0.465 e. The van der Waals surface area contributed by atoms with E-state index in [9.17, 15) is 4.79 Å². The van der Waals surface area contributed by atoms with Crippen molar-refractivity contribution in [2.24, 2.45) is 11.7 Å². The smallest absolute Gasteiger partial charge is 0.327 e. The highest BCUT2D eigenvalue weighted by Crippen LogP contribution is 2.40. The summed E-state index contributed by atoms with van der Waals surface area (Å²) >= 11 is 1.78. The minimum atomic E-state index is -0.728. The topological polar surface area (TPSA) is 52.3 Å². The van der Waals surface area contributed by atoms with Crippen molar-refractivity contribution >= 4 is 17.7 Å². The van der Waals surface area contributed by atoms with Crippen LogP contribution >= 0.6 is 11.8 Å². The Labute approximate surface area is 102 Å². The van der Waals surface area contributed by atoms with Gasteiger partial charge in [-0.1, -0.05) is 13.3 Å². The molecule has 0 bridgehead atoms. The van der Waals surface area contributed by atoms with Gasteiger partial charge < -0.3 is 10.5 Å². The molecular weight excluding hydrogens is 222 g/mol. The number of ether oxygens (including phenoxy) is 1. The zero-order valence-electron chi connectivity index (χ0n) is 10.3. The minimum absolute atomic E-state index is 0.207. The Kier molecular flexibility index (Phi) is 5.62. The number of carbonyl (C=O) groups is 1. The molecule has 0 aromatic rings. The van der Waals surface area contributed by atoms with E-state index in [0.717, 1.165) is 18.6 Å². The van der Waals surface area contributed by atoms with Crippen LogP contribution in [0.25, 0.3) is 0 Å². The van der Waals surface area contributed by atoms with Gasteiger partial charge in [0.25, 0.3) is 0 Å². The number of hydrogen-bond acceptors (Lipinski definition) is 4. The lowest BCUT2D eigenvalue weighted by Crippen LogP contribution is -2.53. The number of thioether (sulfide) groups is 1. The summed E-state index contributed by atoms with van der Waals surface area (Å²) in [5, 5.41) is 0. The first kappa shape index (κ1) is 13.8. The van der Waals surface area contributed by atoms with Gasteiger partial charge in [0.15, 0.2) is 0 Å². The Balaban J connectivity index is 2.41. The number of hydrogen-bond donors (Lipinski definition) is 1. The van der Waals surface area contributed by atoms with E-state index < -0.39 is 5.54 Å². The number of esters is 1. The maximum Gasteiger partial charge on any atom is 0.327 e. The third-order valence-corrected chi connectivity index (χ3v) is 4.20. The van der Waals surface area contributed by atoms with Gasteiger partial charge in [-0.25, -0.2) is 0 Å². The molecule has 0 amide bonds. The van der Waals surface area contributed by atoms with Crippen LogP contribution in [0.4, 0.5) is 0 Å². The molecule has 2 N–H and O–H groups in total. The third-order valence-electron chi connectivity index (χ3n) is 2.94. The molecule has 0 heterocycles. The molecule has 1 saturated carbocycles. The van der Waals surface area contributed by atoms with Gasteiger partial charge in [0.2, 0.25) is 0 Å². The van der Waals surface area contributed by atoms with Crippen LogP contribution in [0.2, 0.25) is 0 Å². The molecule has 4 heteroatoms. The monoisotopic (exact) mass is 245 g/mol. The lowest BCUT2D eigenvalue weighted by atomic mass is 9.97. The van der Waals surface area contributed by atoms with Gasteiger partial charge in [0.05, 0.1) is 6.61 Å². The molecule has 1 atom stereocenters. The first-order valence-corrected chi connectivity index (χ1v) is 7.34. The lowest BCUT2D eigenvalue weighted by Gasteiger charge is -2.26. The Bertz CT molecular complexity index is 231. The second-order valence-electron chi connectivity index (χ2n) is 4.44. The predicted molar refractivity (Wildman–Crippen MR) is 68.5 cm³/mol. The van der Waals surface area contributed by atoms with Crippen LogP contribution in [-0.2, 0) is 9.53 Å². The zero-order chi connectivity index (χ0) is 12.0. The van der Waals surface area contributed by atoms with Crippen molar-refractivity contribution in [2.45, 2.75) is 45.1 Å². The Morgan fingerprint density at radius 1 is 1.50 bits per heavy atom. The largest absolute Gasteiger partial charge is 0.465 e. The van der Waals surface area contributed by atoms with E-state index in [0.29, 0.717) is 18.3 Å². The molecule has 1 aliphatic carbocycles. The molecule has 3 nitrogen and oxygen atoms in total. The van der Waals surface area contributed by atoms with Gasteiger partial charge in [-0.3, -0.25) is 4.79 Å². The average Bonchev–Trinajstić information content (AvgIpc) is 3.08. The van der Waals surface area contributed by atoms with E-state index >= 15 is 0 Å². The molecule has 0 aliphatic heterocycles. The van der Waals surface area contributed by atoms with Gasteiger partial charge in [-0.15, -0.1) is 0 Å². The van der Waals surface area contributed by atoms with Gasteiger partial charge >= 0.3 is 5.97 Å². The Hall–Kier alpha value is -0.220. The molecule has 0 saturated heterocycles. The van der Waals surface area contributed by atoms with Crippen LogP contribution in [0.1, 0.15) is 39.5 Å².